The molecule has 0 radical (unpaired) electrons. The molecule has 1 heterocycles. The summed E-state index contributed by atoms with van der Waals surface area (Å²) in [5.74, 6) is -1.31. The summed E-state index contributed by atoms with van der Waals surface area (Å²) in [4.78, 5) is 32.7. The van der Waals surface area contributed by atoms with Gasteiger partial charge in [-0.3, -0.25) is 4.79 Å². The van der Waals surface area contributed by atoms with E-state index >= 15 is 0 Å². The Morgan fingerprint density at radius 2 is 1.33 bits per heavy atom. The molecule has 0 fully saturated rings. The normalized spacial score (nSPS) is 12.1. The highest BCUT2D eigenvalue weighted by molar-refractivity contribution is 5.90. The average molecular weight is 478 g/mol. The smallest absolute Gasteiger partial charge is 0.326 e. The van der Waals surface area contributed by atoms with Gasteiger partial charge in [0.05, 0.1) is 0 Å². The number of H-pyrrole nitrogens is 1. The average Bonchev–Trinajstić information content (AvgIpc) is 3.41. The first kappa shape index (κ1) is 23.3. The highest BCUT2D eigenvalue weighted by atomic mass is 16.4. The van der Waals surface area contributed by atoms with Gasteiger partial charge in [-0.15, -0.1) is 0 Å². The zero-order valence-electron chi connectivity index (χ0n) is 19.7. The van der Waals surface area contributed by atoms with Crippen LogP contribution >= 0.6 is 0 Å². The number of imidazole rings is 1. The van der Waals surface area contributed by atoms with Crippen LogP contribution in [0.2, 0.25) is 0 Å². The molecule has 180 valence electrons. The number of amides is 1. The van der Waals surface area contributed by atoms with E-state index in [4.69, 9.17) is 0 Å². The molecule has 36 heavy (non-hydrogen) atoms. The molecular weight excluding hydrogens is 450 g/mol. The van der Waals surface area contributed by atoms with Gasteiger partial charge in [-0.1, -0.05) is 84.9 Å². The maximum Gasteiger partial charge on any atom is 0.326 e. The maximum atomic E-state index is 13.7. The summed E-state index contributed by atoms with van der Waals surface area (Å²) >= 11 is 0. The molecule has 6 heteroatoms. The number of carbonyl (C=O) groups excluding carboxylic acids is 1. The van der Waals surface area contributed by atoms with E-state index in [2.05, 4.69) is 51.7 Å². The largest absolute Gasteiger partial charge is 0.480 e. The molecule has 5 aromatic rings. The molecule has 1 amide bonds. The quantitative estimate of drug-likeness (QED) is 0.281. The summed E-state index contributed by atoms with van der Waals surface area (Å²) < 4.78 is 0. The van der Waals surface area contributed by atoms with Crippen LogP contribution in [-0.4, -0.2) is 33.0 Å². The van der Waals surface area contributed by atoms with Gasteiger partial charge in [-0.2, -0.15) is 0 Å². The molecule has 0 spiro atoms. The fourth-order valence-electron chi connectivity index (χ4n) is 4.82. The van der Waals surface area contributed by atoms with Crippen molar-refractivity contribution in [1.82, 2.24) is 15.3 Å². The maximum absolute atomic E-state index is 13.7. The van der Waals surface area contributed by atoms with Crippen molar-refractivity contribution in [3.63, 3.8) is 0 Å². The molecule has 0 aliphatic heterocycles. The summed E-state index contributed by atoms with van der Waals surface area (Å²) in [6.07, 6.45) is 4.27. The van der Waals surface area contributed by atoms with Crippen LogP contribution in [0.4, 0.5) is 0 Å². The van der Waals surface area contributed by atoms with Gasteiger partial charge in [0, 0.05) is 24.7 Å². The Kier molecular flexibility index (Phi) is 6.76. The summed E-state index contributed by atoms with van der Waals surface area (Å²) in [6.45, 7) is 0. The number of nitrogens with one attached hydrogen (secondary N) is 2. The Labute approximate surface area is 209 Å². The first-order valence-electron chi connectivity index (χ1n) is 12.0. The predicted octanol–water partition coefficient (Wildman–Crippen LogP) is 4.93. The van der Waals surface area contributed by atoms with E-state index in [1.807, 2.05) is 48.5 Å². The molecule has 0 bridgehead atoms. The standard InChI is InChI=1S/C30H27N3O3/c34-29(33-27(30(35)36)19-28-31-15-16-32-28)24(17-22-11-5-9-20-7-1-3-13-25(20)22)18-23-12-6-10-21-8-2-4-14-26(21)23/h1-16,24,27H,17-19H2,(H,31,32)(H,33,34)(H,35,36)/t27-/m0/s1. The molecule has 5 rings (SSSR count). The number of aromatic nitrogens is 2. The number of benzene rings is 4. The van der Waals surface area contributed by atoms with Crippen LogP contribution in [0.1, 0.15) is 17.0 Å². The van der Waals surface area contributed by atoms with Gasteiger partial charge in [-0.25, -0.2) is 9.78 Å². The van der Waals surface area contributed by atoms with Crippen molar-refractivity contribution in [3.05, 3.63) is 114 Å². The second kappa shape index (κ2) is 10.4. The first-order valence-corrected chi connectivity index (χ1v) is 12.0. The number of aromatic amines is 1. The van der Waals surface area contributed by atoms with Crippen molar-refractivity contribution in [3.8, 4) is 0 Å². The lowest BCUT2D eigenvalue weighted by Crippen LogP contribution is -2.46. The number of fused-ring (bicyclic) bond motifs is 2. The van der Waals surface area contributed by atoms with E-state index in [1.165, 1.54) is 0 Å². The zero-order valence-corrected chi connectivity index (χ0v) is 19.7. The van der Waals surface area contributed by atoms with E-state index in [-0.39, 0.29) is 12.3 Å². The number of hydrogen-bond acceptors (Lipinski definition) is 3. The number of carbonyl (C=O) groups is 2. The zero-order chi connectivity index (χ0) is 24.9. The lowest BCUT2D eigenvalue weighted by atomic mass is 9.87. The van der Waals surface area contributed by atoms with Crippen LogP contribution in [0, 0.1) is 5.92 Å². The summed E-state index contributed by atoms with van der Waals surface area (Å²) in [7, 11) is 0. The van der Waals surface area contributed by atoms with Crippen molar-refractivity contribution in [1.29, 1.82) is 0 Å². The molecule has 6 nitrogen and oxygen atoms in total. The number of rotatable bonds is 9. The summed E-state index contributed by atoms with van der Waals surface area (Å²) in [6, 6.07) is 27.4. The summed E-state index contributed by atoms with van der Waals surface area (Å²) in [5, 5.41) is 17.0. The fourth-order valence-corrected chi connectivity index (χ4v) is 4.82. The number of nitrogens with zero attached hydrogens (tertiary/aromatic N) is 1. The van der Waals surface area contributed by atoms with Gasteiger partial charge in [0.1, 0.15) is 11.9 Å². The number of hydrogen-bond donors (Lipinski definition) is 3. The van der Waals surface area contributed by atoms with Crippen LogP contribution in [0.5, 0.6) is 0 Å². The third-order valence-corrected chi connectivity index (χ3v) is 6.63. The molecule has 3 N–H and O–H groups in total. The van der Waals surface area contributed by atoms with Crippen LogP contribution in [0.3, 0.4) is 0 Å². The monoisotopic (exact) mass is 477 g/mol. The second-order valence-electron chi connectivity index (χ2n) is 9.02. The Bertz CT molecular complexity index is 1420. The van der Waals surface area contributed by atoms with Gasteiger partial charge < -0.3 is 15.4 Å². The molecule has 0 saturated carbocycles. The minimum atomic E-state index is -1.09. The highest BCUT2D eigenvalue weighted by Crippen LogP contribution is 2.26. The molecule has 1 aromatic heterocycles. The van der Waals surface area contributed by atoms with E-state index in [1.54, 1.807) is 12.4 Å². The lowest BCUT2D eigenvalue weighted by Gasteiger charge is -2.22. The van der Waals surface area contributed by atoms with Crippen LogP contribution < -0.4 is 5.32 Å². The molecule has 4 aromatic carbocycles. The van der Waals surface area contributed by atoms with Gasteiger partial charge in [-0.05, 0) is 45.5 Å². The summed E-state index contributed by atoms with van der Waals surface area (Å²) in [5.41, 5.74) is 2.12. The van der Waals surface area contributed by atoms with E-state index < -0.39 is 17.9 Å². The third kappa shape index (κ3) is 5.13. The van der Waals surface area contributed by atoms with E-state index in [9.17, 15) is 14.7 Å². The van der Waals surface area contributed by atoms with Crippen molar-refractivity contribution in [2.24, 2.45) is 5.92 Å². The Morgan fingerprint density at radius 1 is 0.778 bits per heavy atom. The second-order valence-corrected chi connectivity index (χ2v) is 9.02. The Hall–Kier alpha value is -4.45. The van der Waals surface area contributed by atoms with Gasteiger partial charge in [0.15, 0.2) is 0 Å². The van der Waals surface area contributed by atoms with Crippen LogP contribution in [-0.2, 0) is 28.9 Å². The SMILES string of the molecule is O=C(N[C@@H](Cc1ncc[nH]1)C(=O)O)C(Cc1cccc2ccccc12)Cc1cccc2ccccc12. The molecule has 0 saturated heterocycles. The molecule has 0 unspecified atom stereocenters. The topological polar surface area (TPSA) is 95.1 Å². The number of carboxylic acid groups (broad SMARTS) is 1. The third-order valence-electron chi connectivity index (χ3n) is 6.63. The Balaban J connectivity index is 1.48. The van der Waals surface area contributed by atoms with Crippen molar-refractivity contribution < 1.29 is 14.7 Å². The number of aliphatic carboxylic acids is 1. The van der Waals surface area contributed by atoms with Crippen molar-refractivity contribution >= 4 is 33.4 Å². The minimum Gasteiger partial charge on any atom is -0.480 e. The Morgan fingerprint density at radius 3 is 1.86 bits per heavy atom. The van der Waals surface area contributed by atoms with Gasteiger partial charge in [0.2, 0.25) is 5.91 Å². The van der Waals surface area contributed by atoms with Gasteiger partial charge in [0.25, 0.3) is 0 Å². The molecule has 0 aliphatic carbocycles. The molecular formula is C30H27N3O3. The minimum absolute atomic E-state index is 0.0866. The molecule has 1 atom stereocenters. The van der Waals surface area contributed by atoms with Crippen LogP contribution in [0.15, 0.2) is 97.3 Å². The predicted molar refractivity (Wildman–Crippen MR) is 141 cm³/mol. The fraction of sp³-hybridized carbons (Fsp3) is 0.167. The highest BCUT2D eigenvalue weighted by Gasteiger charge is 2.27. The van der Waals surface area contributed by atoms with Crippen molar-refractivity contribution in [2.75, 3.05) is 0 Å². The molecule has 0 aliphatic rings. The lowest BCUT2D eigenvalue weighted by molar-refractivity contribution is -0.142. The van der Waals surface area contributed by atoms with Gasteiger partial charge >= 0.3 is 5.97 Å². The van der Waals surface area contributed by atoms with E-state index in [0.717, 1.165) is 32.7 Å². The first-order chi connectivity index (χ1) is 17.6. The van der Waals surface area contributed by atoms with Crippen LogP contribution in [0.25, 0.3) is 21.5 Å². The van der Waals surface area contributed by atoms with E-state index in [0.29, 0.717) is 18.7 Å². The van der Waals surface area contributed by atoms with Crippen molar-refractivity contribution in [2.45, 2.75) is 25.3 Å². The number of carboxylic acids is 1.